The van der Waals surface area contributed by atoms with Crippen LogP contribution in [0.5, 0.6) is 0 Å². The van der Waals surface area contributed by atoms with E-state index in [2.05, 4.69) is 4.99 Å². The standard InChI is InChI=1S/C6H14N2OS/c1-3-9-4-5-10-6(7)8-2/h3-5H2,1-2H3,(H2,7,8). The number of thioether (sulfide) groups is 1. The van der Waals surface area contributed by atoms with Gasteiger partial charge in [-0.1, -0.05) is 11.8 Å². The van der Waals surface area contributed by atoms with Gasteiger partial charge >= 0.3 is 0 Å². The average molecular weight is 162 g/mol. The maximum atomic E-state index is 5.41. The highest BCUT2D eigenvalue weighted by molar-refractivity contribution is 8.13. The van der Waals surface area contributed by atoms with E-state index in [-0.39, 0.29) is 0 Å². The van der Waals surface area contributed by atoms with Gasteiger partial charge in [0.05, 0.1) is 6.61 Å². The fraction of sp³-hybridized carbons (Fsp3) is 0.833. The molecule has 0 aromatic heterocycles. The van der Waals surface area contributed by atoms with Crippen LogP contribution in [0, 0.1) is 0 Å². The van der Waals surface area contributed by atoms with E-state index in [1.165, 1.54) is 11.8 Å². The van der Waals surface area contributed by atoms with E-state index in [4.69, 9.17) is 10.5 Å². The van der Waals surface area contributed by atoms with Gasteiger partial charge in [-0.05, 0) is 6.92 Å². The molecule has 0 rings (SSSR count). The number of hydrogen-bond donors (Lipinski definition) is 1. The van der Waals surface area contributed by atoms with Gasteiger partial charge in [-0.2, -0.15) is 0 Å². The molecule has 0 aromatic carbocycles. The topological polar surface area (TPSA) is 47.6 Å². The number of nitrogens with two attached hydrogens (primary N) is 1. The lowest BCUT2D eigenvalue weighted by molar-refractivity contribution is 0.164. The summed E-state index contributed by atoms with van der Waals surface area (Å²) in [4.78, 5) is 3.79. The van der Waals surface area contributed by atoms with Crippen molar-refractivity contribution in [3.8, 4) is 0 Å². The van der Waals surface area contributed by atoms with Gasteiger partial charge in [-0.15, -0.1) is 0 Å². The van der Waals surface area contributed by atoms with Gasteiger partial charge in [0.2, 0.25) is 0 Å². The molecule has 3 nitrogen and oxygen atoms in total. The van der Waals surface area contributed by atoms with Crippen LogP contribution in [0.3, 0.4) is 0 Å². The lowest BCUT2D eigenvalue weighted by Crippen LogP contribution is -2.08. The van der Waals surface area contributed by atoms with E-state index in [1.54, 1.807) is 7.05 Å². The molecule has 0 saturated carbocycles. The van der Waals surface area contributed by atoms with Crippen LogP contribution in [-0.4, -0.2) is 31.2 Å². The maximum absolute atomic E-state index is 5.41. The zero-order valence-electron chi connectivity index (χ0n) is 6.46. The molecular formula is C6H14N2OS. The summed E-state index contributed by atoms with van der Waals surface area (Å²) >= 11 is 1.52. The summed E-state index contributed by atoms with van der Waals surface area (Å²) in [7, 11) is 1.68. The zero-order chi connectivity index (χ0) is 7.82. The molecular weight excluding hydrogens is 148 g/mol. The van der Waals surface area contributed by atoms with Gasteiger partial charge in [-0.3, -0.25) is 4.99 Å². The number of hydrogen-bond acceptors (Lipinski definition) is 3. The molecule has 0 aliphatic heterocycles. The third-order valence-corrected chi connectivity index (χ3v) is 1.75. The molecule has 2 N–H and O–H groups in total. The van der Waals surface area contributed by atoms with Crippen molar-refractivity contribution in [1.82, 2.24) is 0 Å². The van der Waals surface area contributed by atoms with Gasteiger partial charge in [-0.25, -0.2) is 0 Å². The third-order valence-electron chi connectivity index (χ3n) is 0.902. The Morgan fingerprint density at radius 2 is 2.40 bits per heavy atom. The number of nitrogens with zero attached hydrogens (tertiary/aromatic N) is 1. The van der Waals surface area contributed by atoms with Crippen molar-refractivity contribution >= 4 is 16.9 Å². The van der Waals surface area contributed by atoms with E-state index >= 15 is 0 Å². The fourth-order valence-electron chi connectivity index (χ4n) is 0.414. The first-order valence-electron chi connectivity index (χ1n) is 3.24. The quantitative estimate of drug-likeness (QED) is 0.376. The van der Waals surface area contributed by atoms with Crippen LogP contribution in [0.2, 0.25) is 0 Å². The summed E-state index contributed by atoms with van der Waals surface area (Å²) in [5.74, 6) is 0.886. The zero-order valence-corrected chi connectivity index (χ0v) is 7.28. The van der Waals surface area contributed by atoms with Crippen molar-refractivity contribution in [2.24, 2.45) is 10.7 Å². The predicted molar refractivity (Wildman–Crippen MR) is 46.5 cm³/mol. The normalized spacial score (nSPS) is 12.0. The second-order valence-corrected chi connectivity index (χ2v) is 2.72. The van der Waals surface area contributed by atoms with Crippen molar-refractivity contribution in [1.29, 1.82) is 0 Å². The van der Waals surface area contributed by atoms with Crippen LogP contribution in [0.1, 0.15) is 6.92 Å². The van der Waals surface area contributed by atoms with Crippen LogP contribution in [0.15, 0.2) is 4.99 Å². The smallest absolute Gasteiger partial charge is 0.153 e. The summed E-state index contributed by atoms with van der Waals surface area (Å²) in [5, 5.41) is 0.625. The second-order valence-electron chi connectivity index (χ2n) is 1.61. The molecule has 0 atom stereocenters. The van der Waals surface area contributed by atoms with Gasteiger partial charge in [0.15, 0.2) is 5.17 Å². The molecule has 0 aliphatic carbocycles. The molecule has 0 saturated heterocycles. The molecule has 4 heteroatoms. The van der Waals surface area contributed by atoms with Crippen molar-refractivity contribution in [3.05, 3.63) is 0 Å². The van der Waals surface area contributed by atoms with Gasteiger partial charge in [0, 0.05) is 19.4 Å². The molecule has 10 heavy (non-hydrogen) atoms. The van der Waals surface area contributed by atoms with E-state index in [0.29, 0.717) is 5.17 Å². The van der Waals surface area contributed by atoms with Crippen LogP contribution in [0.25, 0.3) is 0 Å². The maximum Gasteiger partial charge on any atom is 0.153 e. The first-order chi connectivity index (χ1) is 4.81. The predicted octanol–water partition coefficient (Wildman–Crippen LogP) is 0.701. The Balaban J connectivity index is 3.04. The Kier molecular flexibility index (Phi) is 6.74. The summed E-state index contributed by atoms with van der Waals surface area (Å²) in [6.45, 7) is 3.49. The van der Waals surface area contributed by atoms with Crippen molar-refractivity contribution in [3.63, 3.8) is 0 Å². The largest absolute Gasteiger partial charge is 0.381 e. The van der Waals surface area contributed by atoms with Gasteiger partial charge in [0.1, 0.15) is 0 Å². The summed E-state index contributed by atoms with van der Waals surface area (Å²) in [6.07, 6.45) is 0. The molecule has 0 radical (unpaired) electrons. The van der Waals surface area contributed by atoms with Crippen LogP contribution in [-0.2, 0) is 4.74 Å². The highest BCUT2D eigenvalue weighted by atomic mass is 32.2. The SMILES string of the molecule is CCOCCSC(N)=NC. The Morgan fingerprint density at radius 1 is 1.70 bits per heavy atom. The molecule has 0 unspecified atom stereocenters. The minimum atomic E-state index is 0.625. The monoisotopic (exact) mass is 162 g/mol. The fourth-order valence-corrected chi connectivity index (χ4v) is 0.953. The van der Waals surface area contributed by atoms with Crippen LogP contribution in [0.4, 0.5) is 0 Å². The Bertz CT molecular complexity index is 106. The molecule has 0 aromatic rings. The number of rotatable bonds is 4. The van der Waals surface area contributed by atoms with Crippen molar-refractivity contribution in [2.75, 3.05) is 26.0 Å². The van der Waals surface area contributed by atoms with Crippen molar-refractivity contribution in [2.45, 2.75) is 6.92 Å². The molecule has 0 aliphatic rings. The summed E-state index contributed by atoms with van der Waals surface area (Å²) < 4.78 is 5.10. The van der Waals surface area contributed by atoms with Crippen molar-refractivity contribution < 1.29 is 4.74 Å². The molecule has 0 fully saturated rings. The summed E-state index contributed by atoms with van der Waals surface area (Å²) in [5.41, 5.74) is 5.41. The van der Waals surface area contributed by atoms with Crippen LogP contribution >= 0.6 is 11.8 Å². The van der Waals surface area contributed by atoms with E-state index < -0.39 is 0 Å². The molecule has 0 spiro atoms. The second kappa shape index (κ2) is 6.89. The van der Waals surface area contributed by atoms with Gasteiger partial charge < -0.3 is 10.5 Å². The molecule has 0 amide bonds. The summed E-state index contributed by atoms with van der Waals surface area (Å²) in [6, 6.07) is 0. The minimum Gasteiger partial charge on any atom is -0.381 e. The van der Waals surface area contributed by atoms with E-state index in [0.717, 1.165) is 19.0 Å². The Morgan fingerprint density at radius 3 is 2.90 bits per heavy atom. The molecule has 0 bridgehead atoms. The lowest BCUT2D eigenvalue weighted by atomic mass is 10.8. The highest BCUT2D eigenvalue weighted by Crippen LogP contribution is 1.97. The lowest BCUT2D eigenvalue weighted by Gasteiger charge is -1.99. The molecule has 0 heterocycles. The number of aliphatic imine (C=N–C) groups is 1. The van der Waals surface area contributed by atoms with E-state index in [9.17, 15) is 0 Å². The van der Waals surface area contributed by atoms with Crippen LogP contribution < -0.4 is 5.73 Å². The Labute approximate surface area is 66.0 Å². The van der Waals surface area contributed by atoms with E-state index in [1.807, 2.05) is 6.92 Å². The third kappa shape index (κ3) is 5.91. The highest BCUT2D eigenvalue weighted by Gasteiger charge is 1.90. The number of ether oxygens (including phenoxy) is 1. The van der Waals surface area contributed by atoms with Gasteiger partial charge in [0.25, 0.3) is 0 Å². The molecule has 60 valence electrons. The Hall–Kier alpha value is -0.220. The first-order valence-corrected chi connectivity index (χ1v) is 4.22. The average Bonchev–Trinajstić information content (AvgIpc) is 1.98. The minimum absolute atomic E-state index is 0.625. The first kappa shape index (κ1) is 9.78. The number of amidine groups is 1.